The SMILES string of the molecule is COCC1(C(=O)O)CCN(C(=O)c2ccc(Cl)cc2Cl)C1. The van der Waals surface area contributed by atoms with Gasteiger partial charge in [0, 0.05) is 25.2 Å². The molecule has 1 N–H and O–H groups in total. The molecule has 1 aromatic carbocycles. The van der Waals surface area contributed by atoms with Gasteiger partial charge in [-0.3, -0.25) is 9.59 Å². The third-order valence-corrected chi connectivity index (χ3v) is 4.22. The van der Waals surface area contributed by atoms with Gasteiger partial charge in [-0.05, 0) is 24.6 Å². The number of benzene rings is 1. The van der Waals surface area contributed by atoms with E-state index in [1.165, 1.54) is 18.1 Å². The molecule has 0 bridgehead atoms. The number of halogens is 2. The zero-order chi connectivity index (χ0) is 15.6. The second-order valence-corrected chi connectivity index (χ2v) is 5.96. The number of aliphatic carboxylic acids is 1. The number of carbonyl (C=O) groups excluding carboxylic acids is 1. The van der Waals surface area contributed by atoms with Crippen LogP contribution in [0.1, 0.15) is 16.8 Å². The number of carbonyl (C=O) groups is 2. The molecule has 1 aromatic rings. The van der Waals surface area contributed by atoms with Gasteiger partial charge in [0.2, 0.25) is 0 Å². The van der Waals surface area contributed by atoms with E-state index < -0.39 is 11.4 Å². The maximum Gasteiger partial charge on any atom is 0.313 e. The summed E-state index contributed by atoms with van der Waals surface area (Å²) >= 11 is 11.8. The number of nitrogens with zero attached hydrogens (tertiary/aromatic N) is 1. The van der Waals surface area contributed by atoms with Crippen molar-refractivity contribution in [2.75, 3.05) is 26.8 Å². The van der Waals surface area contributed by atoms with Crippen LogP contribution in [0.4, 0.5) is 0 Å². The van der Waals surface area contributed by atoms with Crippen molar-refractivity contribution in [3.63, 3.8) is 0 Å². The molecule has 2 rings (SSSR count). The average Bonchev–Trinajstić information content (AvgIpc) is 2.84. The number of methoxy groups -OCH3 is 1. The molecule has 7 heteroatoms. The van der Waals surface area contributed by atoms with Crippen LogP contribution in [0.2, 0.25) is 10.0 Å². The number of ether oxygens (including phenoxy) is 1. The fraction of sp³-hybridized carbons (Fsp3) is 0.429. The zero-order valence-electron chi connectivity index (χ0n) is 11.4. The van der Waals surface area contributed by atoms with Crippen LogP contribution >= 0.6 is 23.2 Å². The van der Waals surface area contributed by atoms with Gasteiger partial charge in [-0.15, -0.1) is 0 Å². The summed E-state index contributed by atoms with van der Waals surface area (Å²) in [5, 5.41) is 10.1. The van der Waals surface area contributed by atoms with E-state index in [9.17, 15) is 14.7 Å². The quantitative estimate of drug-likeness (QED) is 0.920. The fourth-order valence-corrected chi connectivity index (χ4v) is 3.00. The second-order valence-electron chi connectivity index (χ2n) is 5.12. The lowest BCUT2D eigenvalue weighted by Crippen LogP contribution is -2.40. The predicted octanol–water partition coefficient (Wildman–Crippen LogP) is 2.56. The number of rotatable bonds is 4. The Morgan fingerprint density at radius 3 is 2.71 bits per heavy atom. The van der Waals surface area contributed by atoms with Crippen LogP contribution in [0.15, 0.2) is 18.2 Å². The molecule has 0 radical (unpaired) electrons. The topological polar surface area (TPSA) is 66.8 Å². The number of carboxylic acid groups (broad SMARTS) is 1. The Kier molecular flexibility index (Phi) is 4.76. The molecule has 1 unspecified atom stereocenters. The Morgan fingerprint density at radius 2 is 2.14 bits per heavy atom. The predicted molar refractivity (Wildman–Crippen MR) is 78.9 cm³/mol. The first-order valence-corrected chi connectivity index (χ1v) is 7.12. The van der Waals surface area contributed by atoms with Gasteiger partial charge in [-0.1, -0.05) is 23.2 Å². The lowest BCUT2D eigenvalue weighted by Gasteiger charge is -2.24. The molecule has 1 fully saturated rings. The lowest BCUT2D eigenvalue weighted by molar-refractivity contribution is -0.151. The standard InChI is InChI=1S/C14H15Cl2NO4/c1-21-8-14(13(19)20)4-5-17(7-14)12(18)10-3-2-9(15)6-11(10)16/h2-3,6H,4-5,7-8H2,1H3,(H,19,20). The van der Waals surface area contributed by atoms with E-state index in [0.29, 0.717) is 23.6 Å². The molecule has 0 saturated carbocycles. The summed E-state index contributed by atoms with van der Waals surface area (Å²) in [6.07, 6.45) is 0.354. The Labute approximate surface area is 132 Å². The van der Waals surface area contributed by atoms with Gasteiger partial charge < -0.3 is 14.7 Å². The smallest absolute Gasteiger partial charge is 0.313 e. The van der Waals surface area contributed by atoms with Crippen LogP contribution in [0.25, 0.3) is 0 Å². The Hall–Kier alpha value is -1.30. The molecule has 114 valence electrons. The summed E-state index contributed by atoms with van der Waals surface area (Å²) in [6, 6.07) is 4.62. The van der Waals surface area contributed by atoms with Crippen LogP contribution < -0.4 is 0 Å². The monoisotopic (exact) mass is 331 g/mol. The summed E-state index contributed by atoms with van der Waals surface area (Å²) in [7, 11) is 1.45. The first-order chi connectivity index (χ1) is 9.89. The number of hydrogen-bond acceptors (Lipinski definition) is 3. The van der Waals surface area contributed by atoms with E-state index in [4.69, 9.17) is 27.9 Å². The minimum atomic E-state index is -1.05. The van der Waals surface area contributed by atoms with Gasteiger partial charge in [-0.25, -0.2) is 0 Å². The number of carboxylic acids is 1. The molecule has 5 nitrogen and oxygen atoms in total. The van der Waals surface area contributed by atoms with Crippen molar-refractivity contribution in [1.82, 2.24) is 4.90 Å². The molecule has 1 saturated heterocycles. The first kappa shape index (κ1) is 16.1. The highest BCUT2D eigenvalue weighted by atomic mass is 35.5. The molecule has 1 amide bonds. The van der Waals surface area contributed by atoms with Crippen molar-refractivity contribution in [1.29, 1.82) is 0 Å². The van der Waals surface area contributed by atoms with Crippen LogP contribution in [0.3, 0.4) is 0 Å². The summed E-state index contributed by atoms with van der Waals surface area (Å²) in [5.41, 5.74) is -0.733. The highest BCUT2D eigenvalue weighted by Gasteiger charge is 2.46. The van der Waals surface area contributed by atoms with Crippen LogP contribution in [0.5, 0.6) is 0 Å². The molecule has 1 atom stereocenters. The van der Waals surface area contributed by atoms with E-state index in [1.54, 1.807) is 12.1 Å². The summed E-state index contributed by atoms with van der Waals surface area (Å²) in [5.74, 6) is -1.25. The minimum absolute atomic E-state index is 0.0699. The van der Waals surface area contributed by atoms with Gasteiger partial charge in [0.1, 0.15) is 5.41 Å². The molecule has 0 aromatic heterocycles. The van der Waals surface area contributed by atoms with Crippen LogP contribution in [-0.4, -0.2) is 48.7 Å². The lowest BCUT2D eigenvalue weighted by atomic mass is 9.88. The average molecular weight is 332 g/mol. The molecule has 1 aliphatic rings. The van der Waals surface area contributed by atoms with Crippen LogP contribution in [-0.2, 0) is 9.53 Å². The third kappa shape index (κ3) is 3.15. The van der Waals surface area contributed by atoms with Crippen molar-refractivity contribution in [2.24, 2.45) is 5.41 Å². The van der Waals surface area contributed by atoms with Gasteiger partial charge in [0.05, 0.1) is 17.2 Å². The summed E-state index contributed by atoms with van der Waals surface area (Å²) in [4.78, 5) is 25.4. The molecule has 1 heterocycles. The third-order valence-electron chi connectivity index (χ3n) is 3.68. The maximum atomic E-state index is 12.5. The van der Waals surface area contributed by atoms with Gasteiger partial charge in [0.25, 0.3) is 5.91 Å². The Morgan fingerprint density at radius 1 is 1.43 bits per heavy atom. The van der Waals surface area contributed by atoms with Crippen molar-refractivity contribution in [2.45, 2.75) is 6.42 Å². The first-order valence-electron chi connectivity index (χ1n) is 6.36. The fourth-order valence-electron chi connectivity index (χ4n) is 2.51. The van der Waals surface area contributed by atoms with Crippen molar-refractivity contribution in [3.8, 4) is 0 Å². The van der Waals surface area contributed by atoms with E-state index in [-0.39, 0.29) is 24.1 Å². The summed E-state index contributed by atoms with van der Waals surface area (Å²) in [6.45, 7) is 0.530. The number of amides is 1. The zero-order valence-corrected chi connectivity index (χ0v) is 12.9. The van der Waals surface area contributed by atoms with Crippen molar-refractivity contribution >= 4 is 35.1 Å². The largest absolute Gasteiger partial charge is 0.481 e. The molecule has 0 aliphatic carbocycles. The number of hydrogen-bond donors (Lipinski definition) is 1. The highest BCUT2D eigenvalue weighted by molar-refractivity contribution is 6.36. The highest BCUT2D eigenvalue weighted by Crippen LogP contribution is 2.33. The molecule has 0 spiro atoms. The Bertz CT molecular complexity index is 578. The maximum absolute atomic E-state index is 12.5. The number of likely N-dealkylation sites (tertiary alicyclic amines) is 1. The van der Waals surface area contributed by atoms with Crippen molar-refractivity contribution < 1.29 is 19.4 Å². The molecule has 1 aliphatic heterocycles. The van der Waals surface area contributed by atoms with E-state index in [0.717, 1.165) is 0 Å². The van der Waals surface area contributed by atoms with E-state index >= 15 is 0 Å². The minimum Gasteiger partial charge on any atom is -0.481 e. The molecular formula is C14H15Cl2NO4. The van der Waals surface area contributed by atoms with Crippen molar-refractivity contribution in [3.05, 3.63) is 33.8 Å². The van der Waals surface area contributed by atoms with Gasteiger partial charge in [0.15, 0.2) is 0 Å². The molecule has 21 heavy (non-hydrogen) atoms. The second kappa shape index (κ2) is 6.22. The Balaban J connectivity index is 2.20. The molecular weight excluding hydrogens is 317 g/mol. The van der Waals surface area contributed by atoms with E-state index in [1.807, 2.05) is 0 Å². The normalized spacial score (nSPS) is 21.6. The summed E-state index contributed by atoms with van der Waals surface area (Å²) < 4.78 is 5.00. The van der Waals surface area contributed by atoms with Gasteiger partial charge in [-0.2, -0.15) is 0 Å². The van der Waals surface area contributed by atoms with E-state index in [2.05, 4.69) is 0 Å². The van der Waals surface area contributed by atoms with Gasteiger partial charge >= 0.3 is 5.97 Å². The van der Waals surface area contributed by atoms with Crippen LogP contribution in [0, 0.1) is 5.41 Å².